The second-order valence-corrected chi connectivity index (χ2v) is 8.37. The van der Waals surface area contributed by atoms with E-state index in [9.17, 15) is 13.2 Å². The molecule has 2 aromatic carbocycles. The summed E-state index contributed by atoms with van der Waals surface area (Å²) in [5.74, 6) is 0.367. The Morgan fingerprint density at radius 2 is 1.71 bits per heavy atom. The Labute approximate surface area is 167 Å². The molecule has 0 aromatic heterocycles. The summed E-state index contributed by atoms with van der Waals surface area (Å²) in [5.41, 5.74) is 1.58. The monoisotopic (exact) mass is 404 g/mol. The molecular formula is C21H28N2O4S. The summed E-state index contributed by atoms with van der Waals surface area (Å²) in [6.45, 7) is 8.25. The maximum atomic E-state index is 12.6. The van der Waals surface area contributed by atoms with Crippen LogP contribution in [0.15, 0.2) is 53.4 Å². The third kappa shape index (κ3) is 5.33. The molecule has 2 aromatic rings. The first-order valence-electron chi connectivity index (χ1n) is 9.46. The van der Waals surface area contributed by atoms with Crippen molar-refractivity contribution in [3.05, 3.63) is 54.1 Å². The number of carbonyl (C=O) groups is 1. The van der Waals surface area contributed by atoms with Crippen molar-refractivity contribution < 1.29 is 17.9 Å². The van der Waals surface area contributed by atoms with Gasteiger partial charge in [0.25, 0.3) is 5.91 Å². The summed E-state index contributed by atoms with van der Waals surface area (Å²) in [5, 5.41) is 2.79. The Balaban J connectivity index is 2.09. The van der Waals surface area contributed by atoms with Gasteiger partial charge < -0.3 is 10.1 Å². The van der Waals surface area contributed by atoms with Gasteiger partial charge in [0, 0.05) is 18.8 Å². The summed E-state index contributed by atoms with van der Waals surface area (Å²) in [6, 6.07) is 13.7. The quantitative estimate of drug-likeness (QED) is 0.689. The molecule has 0 aliphatic heterocycles. The van der Waals surface area contributed by atoms with E-state index in [1.165, 1.54) is 16.4 Å². The summed E-state index contributed by atoms with van der Waals surface area (Å²) in [6.07, 6.45) is -0.130. The average Bonchev–Trinajstić information content (AvgIpc) is 2.67. The van der Waals surface area contributed by atoms with Crippen LogP contribution in [0.3, 0.4) is 0 Å². The van der Waals surface area contributed by atoms with Crippen molar-refractivity contribution in [1.82, 2.24) is 4.31 Å². The van der Waals surface area contributed by atoms with Crippen molar-refractivity contribution in [2.75, 3.05) is 18.4 Å². The molecule has 6 nitrogen and oxygen atoms in total. The molecule has 1 amide bonds. The molecule has 0 aliphatic carbocycles. The molecule has 152 valence electrons. The number of benzene rings is 2. The lowest BCUT2D eigenvalue weighted by Gasteiger charge is -2.19. The third-order valence-electron chi connectivity index (χ3n) is 4.40. The molecule has 2 rings (SSSR count). The first-order valence-corrected chi connectivity index (χ1v) is 10.9. The number of aryl methyl sites for hydroxylation is 1. The van der Waals surface area contributed by atoms with Gasteiger partial charge in [0.1, 0.15) is 5.75 Å². The van der Waals surface area contributed by atoms with E-state index in [4.69, 9.17) is 4.74 Å². The number of rotatable bonds is 9. The molecule has 7 heteroatoms. The van der Waals surface area contributed by atoms with Crippen molar-refractivity contribution in [2.24, 2.45) is 0 Å². The highest BCUT2D eigenvalue weighted by Crippen LogP contribution is 2.20. The summed E-state index contributed by atoms with van der Waals surface area (Å²) in [4.78, 5) is 12.8. The lowest BCUT2D eigenvalue weighted by atomic mass is 10.2. The van der Waals surface area contributed by atoms with Gasteiger partial charge in [-0.1, -0.05) is 32.9 Å². The molecule has 0 saturated carbocycles. The van der Waals surface area contributed by atoms with Crippen molar-refractivity contribution in [3.63, 3.8) is 0 Å². The SMILES string of the molecule is CC[C@H](Oc1cccc(C)c1)C(=O)Nc1ccc(S(=O)(=O)N(CC)CC)cc1. The number of nitrogens with one attached hydrogen (secondary N) is 1. The minimum Gasteiger partial charge on any atom is -0.481 e. The molecule has 0 radical (unpaired) electrons. The normalized spacial score (nSPS) is 12.6. The molecule has 0 aliphatic rings. The predicted octanol–water partition coefficient (Wildman–Crippen LogP) is 3.82. The van der Waals surface area contributed by atoms with Gasteiger partial charge in [-0.3, -0.25) is 4.79 Å². The lowest BCUT2D eigenvalue weighted by molar-refractivity contribution is -0.122. The van der Waals surface area contributed by atoms with E-state index < -0.39 is 16.1 Å². The zero-order valence-corrected chi connectivity index (χ0v) is 17.6. The van der Waals surface area contributed by atoms with E-state index in [-0.39, 0.29) is 10.8 Å². The second kappa shape index (κ2) is 9.71. The van der Waals surface area contributed by atoms with Crippen LogP contribution in [0, 0.1) is 6.92 Å². The summed E-state index contributed by atoms with van der Waals surface area (Å²) in [7, 11) is -3.52. The predicted molar refractivity (Wildman–Crippen MR) is 111 cm³/mol. The minimum absolute atomic E-state index is 0.206. The number of carbonyl (C=O) groups excluding carboxylic acids is 1. The Hall–Kier alpha value is -2.38. The number of ether oxygens (including phenoxy) is 1. The number of sulfonamides is 1. The zero-order valence-electron chi connectivity index (χ0n) is 16.8. The molecule has 0 heterocycles. The molecule has 0 bridgehead atoms. The van der Waals surface area contributed by atoms with Crippen LogP contribution in [-0.2, 0) is 14.8 Å². The van der Waals surface area contributed by atoms with Crippen molar-refractivity contribution in [2.45, 2.75) is 45.1 Å². The van der Waals surface area contributed by atoms with Gasteiger partial charge in [0.15, 0.2) is 6.10 Å². The maximum Gasteiger partial charge on any atom is 0.265 e. The fraction of sp³-hybridized carbons (Fsp3) is 0.381. The van der Waals surface area contributed by atoms with Crippen LogP contribution in [-0.4, -0.2) is 37.8 Å². The maximum absolute atomic E-state index is 12.6. The number of hydrogen-bond acceptors (Lipinski definition) is 4. The largest absolute Gasteiger partial charge is 0.481 e. The number of nitrogens with zero attached hydrogens (tertiary/aromatic N) is 1. The van der Waals surface area contributed by atoms with E-state index in [1.54, 1.807) is 26.0 Å². The molecule has 1 N–H and O–H groups in total. The van der Waals surface area contributed by atoms with Gasteiger partial charge in [-0.25, -0.2) is 8.42 Å². The van der Waals surface area contributed by atoms with Crippen molar-refractivity contribution in [3.8, 4) is 5.75 Å². The topological polar surface area (TPSA) is 75.7 Å². The first-order chi connectivity index (χ1) is 13.3. The third-order valence-corrected chi connectivity index (χ3v) is 6.46. The van der Waals surface area contributed by atoms with Crippen LogP contribution < -0.4 is 10.1 Å². The van der Waals surface area contributed by atoms with Crippen LogP contribution >= 0.6 is 0 Å². The average molecular weight is 405 g/mol. The number of hydrogen-bond donors (Lipinski definition) is 1. The molecule has 0 saturated heterocycles. The highest BCUT2D eigenvalue weighted by Gasteiger charge is 2.22. The van der Waals surface area contributed by atoms with Gasteiger partial charge in [0.05, 0.1) is 4.90 Å². The Kier molecular flexibility index (Phi) is 7.60. The van der Waals surface area contributed by atoms with Crippen molar-refractivity contribution in [1.29, 1.82) is 0 Å². The fourth-order valence-electron chi connectivity index (χ4n) is 2.82. The molecular weight excluding hydrogens is 376 g/mol. The van der Waals surface area contributed by atoms with Gasteiger partial charge >= 0.3 is 0 Å². The van der Waals surface area contributed by atoms with Crippen LogP contribution in [0.4, 0.5) is 5.69 Å². The number of anilines is 1. The van der Waals surface area contributed by atoms with Crippen molar-refractivity contribution >= 4 is 21.6 Å². The highest BCUT2D eigenvalue weighted by molar-refractivity contribution is 7.89. The lowest BCUT2D eigenvalue weighted by Crippen LogP contribution is -2.32. The molecule has 0 spiro atoms. The van der Waals surface area contributed by atoms with Crippen LogP contribution in [0.2, 0.25) is 0 Å². The second-order valence-electron chi connectivity index (χ2n) is 6.43. The van der Waals surface area contributed by atoms with Gasteiger partial charge in [-0.05, 0) is 55.3 Å². The Bertz CT molecular complexity index is 891. The van der Waals surface area contributed by atoms with Gasteiger partial charge in [0.2, 0.25) is 10.0 Å². The molecule has 1 atom stereocenters. The zero-order chi connectivity index (χ0) is 20.7. The molecule has 0 fully saturated rings. The summed E-state index contributed by atoms with van der Waals surface area (Å²) >= 11 is 0. The highest BCUT2D eigenvalue weighted by atomic mass is 32.2. The standard InChI is InChI=1S/C21H28N2O4S/c1-5-20(27-18-10-8-9-16(4)15-18)21(24)22-17-11-13-19(14-12-17)28(25,26)23(6-2)7-3/h8-15,20H,5-7H2,1-4H3,(H,22,24)/t20-/m0/s1. The van der Waals surface area contributed by atoms with Gasteiger partial charge in [-0.15, -0.1) is 0 Å². The smallest absolute Gasteiger partial charge is 0.265 e. The first kappa shape index (κ1) is 21.9. The summed E-state index contributed by atoms with van der Waals surface area (Å²) < 4.78 is 32.3. The minimum atomic E-state index is -3.52. The fourth-order valence-corrected chi connectivity index (χ4v) is 4.28. The van der Waals surface area contributed by atoms with E-state index >= 15 is 0 Å². The van der Waals surface area contributed by atoms with E-state index in [0.29, 0.717) is 30.9 Å². The number of amides is 1. The van der Waals surface area contributed by atoms with Crippen LogP contribution in [0.5, 0.6) is 5.75 Å². The van der Waals surface area contributed by atoms with E-state index in [0.717, 1.165) is 5.56 Å². The van der Waals surface area contributed by atoms with Gasteiger partial charge in [-0.2, -0.15) is 4.31 Å². The molecule has 28 heavy (non-hydrogen) atoms. The van der Waals surface area contributed by atoms with E-state index in [1.807, 2.05) is 38.1 Å². The Morgan fingerprint density at radius 1 is 1.07 bits per heavy atom. The van der Waals surface area contributed by atoms with Crippen LogP contribution in [0.25, 0.3) is 0 Å². The van der Waals surface area contributed by atoms with E-state index in [2.05, 4.69) is 5.32 Å². The Morgan fingerprint density at radius 3 is 2.25 bits per heavy atom. The molecule has 0 unspecified atom stereocenters. The van der Waals surface area contributed by atoms with Crippen LogP contribution in [0.1, 0.15) is 32.8 Å².